The molecule has 0 aliphatic heterocycles. The second-order valence-corrected chi connectivity index (χ2v) is 8.80. The Kier molecular flexibility index (Phi) is 6.86. The lowest BCUT2D eigenvalue weighted by Crippen LogP contribution is -2.45. The fraction of sp³-hybridized carbons (Fsp3) is 0.235. The van der Waals surface area contributed by atoms with Gasteiger partial charge in [-0.05, 0) is 43.3 Å². The van der Waals surface area contributed by atoms with Crippen LogP contribution in [0.25, 0.3) is 0 Å². The predicted octanol–water partition coefficient (Wildman–Crippen LogP) is 4.45. The maximum Gasteiger partial charge on any atom is 0.248 e. The highest BCUT2D eigenvalue weighted by molar-refractivity contribution is 7.92. The molecule has 1 atom stereocenters. The summed E-state index contributed by atoms with van der Waals surface area (Å²) < 4.78 is 31.0. The summed E-state index contributed by atoms with van der Waals surface area (Å²) >= 11 is 18.0. The predicted molar refractivity (Wildman–Crippen MR) is 110 cm³/mol. The second kappa shape index (κ2) is 8.56. The Morgan fingerprint density at radius 1 is 1.11 bits per heavy atom. The topological polar surface area (TPSA) is 75.7 Å². The number of rotatable bonds is 6. The molecular formula is C17H17Cl3N2O4S. The van der Waals surface area contributed by atoms with Crippen LogP contribution >= 0.6 is 34.8 Å². The Morgan fingerprint density at radius 2 is 1.70 bits per heavy atom. The number of sulfonamides is 1. The second-order valence-electron chi connectivity index (χ2n) is 5.66. The van der Waals surface area contributed by atoms with E-state index in [4.69, 9.17) is 39.5 Å². The van der Waals surface area contributed by atoms with Gasteiger partial charge in [-0.25, -0.2) is 8.42 Å². The number of amides is 1. The lowest BCUT2D eigenvalue weighted by atomic mass is 10.2. The van der Waals surface area contributed by atoms with Gasteiger partial charge in [0.15, 0.2) is 0 Å². The molecule has 27 heavy (non-hydrogen) atoms. The molecule has 0 spiro atoms. The minimum absolute atomic E-state index is 0.146. The zero-order chi connectivity index (χ0) is 20.4. The largest absolute Gasteiger partial charge is 0.495 e. The van der Waals surface area contributed by atoms with Gasteiger partial charge in [0.05, 0.1) is 29.8 Å². The number of anilines is 2. The molecule has 2 rings (SSSR count). The maximum absolute atomic E-state index is 12.7. The number of carbonyl (C=O) groups is 1. The zero-order valence-corrected chi connectivity index (χ0v) is 17.7. The molecule has 146 valence electrons. The van der Waals surface area contributed by atoms with E-state index in [2.05, 4.69) is 5.32 Å². The molecule has 0 heterocycles. The number of hydrogen-bond donors (Lipinski definition) is 1. The van der Waals surface area contributed by atoms with Gasteiger partial charge in [0, 0.05) is 10.0 Å². The van der Waals surface area contributed by atoms with Crippen LogP contribution in [-0.2, 0) is 14.8 Å². The highest BCUT2D eigenvalue weighted by Gasteiger charge is 2.31. The molecule has 2 aromatic rings. The summed E-state index contributed by atoms with van der Waals surface area (Å²) in [6.07, 6.45) is 0.990. The summed E-state index contributed by atoms with van der Waals surface area (Å²) in [7, 11) is -2.45. The highest BCUT2D eigenvalue weighted by Crippen LogP contribution is 2.34. The zero-order valence-electron chi connectivity index (χ0n) is 14.7. The van der Waals surface area contributed by atoms with E-state index in [1.54, 1.807) is 12.1 Å². The minimum atomic E-state index is -3.85. The molecule has 0 unspecified atom stereocenters. The molecule has 0 saturated carbocycles. The molecule has 0 bridgehead atoms. The first-order valence-electron chi connectivity index (χ1n) is 7.63. The maximum atomic E-state index is 12.7. The van der Waals surface area contributed by atoms with Gasteiger partial charge in [-0.1, -0.05) is 34.8 Å². The van der Waals surface area contributed by atoms with Gasteiger partial charge in [0.1, 0.15) is 11.8 Å². The lowest BCUT2D eigenvalue weighted by Gasteiger charge is -2.29. The van der Waals surface area contributed by atoms with Crippen LogP contribution < -0.4 is 14.4 Å². The summed E-state index contributed by atoms with van der Waals surface area (Å²) in [4.78, 5) is 12.7. The van der Waals surface area contributed by atoms with Gasteiger partial charge >= 0.3 is 0 Å². The van der Waals surface area contributed by atoms with E-state index >= 15 is 0 Å². The molecule has 1 amide bonds. The van der Waals surface area contributed by atoms with Crippen LogP contribution in [0.5, 0.6) is 5.75 Å². The van der Waals surface area contributed by atoms with Crippen molar-refractivity contribution in [2.75, 3.05) is 23.0 Å². The van der Waals surface area contributed by atoms with Gasteiger partial charge < -0.3 is 10.1 Å². The van der Waals surface area contributed by atoms with E-state index in [-0.39, 0.29) is 22.1 Å². The van der Waals surface area contributed by atoms with Gasteiger partial charge in [-0.3, -0.25) is 9.10 Å². The molecule has 1 N–H and O–H groups in total. The highest BCUT2D eigenvalue weighted by atomic mass is 35.5. The fourth-order valence-corrected chi connectivity index (χ4v) is 4.12. The van der Waals surface area contributed by atoms with Gasteiger partial charge in [-0.2, -0.15) is 0 Å². The van der Waals surface area contributed by atoms with Crippen LogP contribution in [0, 0.1) is 0 Å². The van der Waals surface area contributed by atoms with Crippen molar-refractivity contribution in [3.05, 3.63) is 51.5 Å². The van der Waals surface area contributed by atoms with Crippen LogP contribution in [0.15, 0.2) is 36.4 Å². The molecular weight excluding hydrogens is 435 g/mol. The summed E-state index contributed by atoms with van der Waals surface area (Å²) in [5.41, 5.74) is 0.417. The molecule has 0 aliphatic rings. The Bertz CT molecular complexity index is 967. The van der Waals surface area contributed by atoms with Crippen molar-refractivity contribution < 1.29 is 17.9 Å². The van der Waals surface area contributed by atoms with Crippen molar-refractivity contribution in [1.29, 1.82) is 0 Å². The van der Waals surface area contributed by atoms with E-state index < -0.39 is 22.0 Å². The van der Waals surface area contributed by atoms with E-state index in [1.165, 1.54) is 38.3 Å². The van der Waals surface area contributed by atoms with Gasteiger partial charge in [0.2, 0.25) is 15.9 Å². The number of nitrogens with zero attached hydrogens (tertiary/aromatic N) is 1. The number of ether oxygens (including phenoxy) is 1. The molecule has 0 radical (unpaired) electrons. The Morgan fingerprint density at radius 3 is 2.30 bits per heavy atom. The number of methoxy groups -OCH3 is 1. The Labute approximate surface area is 173 Å². The number of benzene rings is 2. The number of carbonyl (C=O) groups excluding carboxylic acids is 1. The summed E-state index contributed by atoms with van der Waals surface area (Å²) in [6.45, 7) is 1.44. The van der Waals surface area contributed by atoms with Gasteiger partial charge in [-0.15, -0.1) is 0 Å². The number of hydrogen-bond acceptors (Lipinski definition) is 4. The van der Waals surface area contributed by atoms with Crippen LogP contribution in [0.4, 0.5) is 11.4 Å². The Hall–Kier alpha value is -1.67. The first-order chi connectivity index (χ1) is 12.5. The summed E-state index contributed by atoms with van der Waals surface area (Å²) in [5.74, 6) is -0.350. The van der Waals surface area contributed by atoms with Crippen molar-refractivity contribution in [3.8, 4) is 5.75 Å². The van der Waals surface area contributed by atoms with Crippen molar-refractivity contribution in [2.24, 2.45) is 0 Å². The van der Waals surface area contributed by atoms with Crippen LogP contribution in [0.2, 0.25) is 15.1 Å². The normalized spacial score (nSPS) is 12.4. The van der Waals surface area contributed by atoms with Crippen molar-refractivity contribution in [1.82, 2.24) is 0 Å². The van der Waals surface area contributed by atoms with E-state index in [9.17, 15) is 13.2 Å². The SMILES string of the molecule is COc1ccc(Cl)cc1N([C@H](C)C(=O)Nc1cc(Cl)ccc1Cl)S(C)(=O)=O. The minimum Gasteiger partial charge on any atom is -0.495 e. The summed E-state index contributed by atoms with van der Waals surface area (Å²) in [5, 5.41) is 3.53. The number of halogens is 3. The number of nitrogens with one attached hydrogen (secondary N) is 1. The van der Waals surface area contributed by atoms with Crippen LogP contribution in [0.3, 0.4) is 0 Å². The fourth-order valence-electron chi connectivity index (χ4n) is 2.45. The quantitative estimate of drug-likeness (QED) is 0.704. The standard InChI is InChI=1S/C17H17Cl3N2O4S/c1-10(17(23)21-14-8-11(18)4-6-13(14)20)22(27(3,24)25)15-9-12(19)5-7-16(15)26-2/h4-10H,1-3H3,(H,21,23)/t10-/m1/s1. The van der Waals surface area contributed by atoms with E-state index in [0.717, 1.165) is 10.6 Å². The third-order valence-electron chi connectivity index (χ3n) is 3.65. The third-order valence-corrected chi connectivity index (χ3v) is 5.68. The molecule has 0 aliphatic carbocycles. The first-order valence-corrected chi connectivity index (χ1v) is 10.6. The monoisotopic (exact) mass is 450 g/mol. The van der Waals surface area contributed by atoms with Crippen LogP contribution in [0.1, 0.15) is 6.92 Å². The average Bonchev–Trinajstić information content (AvgIpc) is 2.57. The van der Waals surface area contributed by atoms with Crippen LogP contribution in [-0.4, -0.2) is 33.7 Å². The third kappa shape index (κ3) is 5.19. The smallest absolute Gasteiger partial charge is 0.248 e. The van der Waals surface area contributed by atoms with Crippen molar-refractivity contribution >= 4 is 62.1 Å². The molecule has 0 aromatic heterocycles. The van der Waals surface area contributed by atoms with E-state index in [1.807, 2.05) is 0 Å². The average molecular weight is 452 g/mol. The molecule has 0 fully saturated rings. The van der Waals surface area contributed by atoms with Crippen molar-refractivity contribution in [3.63, 3.8) is 0 Å². The molecule has 10 heteroatoms. The molecule has 2 aromatic carbocycles. The van der Waals surface area contributed by atoms with Crippen molar-refractivity contribution in [2.45, 2.75) is 13.0 Å². The van der Waals surface area contributed by atoms with E-state index in [0.29, 0.717) is 10.0 Å². The first kappa shape index (κ1) is 21.6. The summed E-state index contributed by atoms with van der Waals surface area (Å²) in [6, 6.07) is 7.94. The molecule has 6 nitrogen and oxygen atoms in total. The Balaban J connectivity index is 2.44. The molecule has 0 saturated heterocycles. The van der Waals surface area contributed by atoms with Gasteiger partial charge in [0.25, 0.3) is 0 Å². The lowest BCUT2D eigenvalue weighted by molar-refractivity contribution is -0.116.